The average Bonchev–Trinajstić information content (AvgIpc) is 3.00. The standard InChI is InChI=1S/C33H34F3N7O2/c1-5-38-29-22(3)39-30(24-8-10-37-11-9-24)41-32(29)45-27-7-6-21(2)28(19-27)31(44)40-26-17-23(16-25(18-26)33(34,35)36)20-43-14-12-42(4)13-15-43/h5-11,16-19H,12-15,20H2,1-4H3,(H,40,44). The molecule has 5 rings (SSSR count). The van der Waals surface area contributed by atoms with Gasteiger partial charge in [0.15, 0.2) is 5.82 Å². The van der Waals surface area contributed by atoms with Crippen LogP contribution in [-0.2, 0) is 12.7 Å². The predicted octanol–water partition coefficient (Wildman–Crippen LogP) is 6.69. The molecule has 0 radical (unpaired) electrons. The number of alkyl halides is 3. The Kier molecular flexibility index (Phi) is 9.54. The maximum absolute atomic E-state index is 13.8. The van der Waals surface area contributed by atoms with E-state index in [1.807, 2.05) is 7.05 Å². The van der Waals surface area contributed by atoms with Gasteiger partial charge in [0.1, 0.15) is 11.4 Å². The Hall–Kier alpha value is -4.68. The van der Waals surface area contributed by atoms with Crippen LogP contribution in [0.3, 0.4) is 0 Å². The molecular formula is C33H34F3N7O2. The van der Waals surface area contributed by atoms with Crippen molar-refractivity contribution in [2.75, 3.05) is 38.5 Å². The van der Waals surface area contributed by atoms with Crippen LogP contribution in [0.4, 0.5) is 24.5 Å². The molecular weight excluding hydrogens is 583 g/mol. The highest BCUT2D eigenvalue weighted by atomic mass is 19.4. The van der Waals surface area contributed by atoms with E-state index in [9.17, 15) is 18.0 Å². The van der Waals surface area contributed by atoms with Crippen LogP contribution in [0.5, 0.6) is 11.6 Å². The van der Waals surface area contributed by atoms with E-state index in [0.717, 1.165) is 43.9 Å². The van der Waals surface area contributed by atoms with Gasteiger partial charge in [-0.2, -0.15) is 18.2 Å². The van der Waals surface area contributed by atoms with Crippen LogP contribution < -0.4 is 10.1 Å². The highest BCUT2D eigenvalue weighted by Crippen LogP contribution is 2.35. The number of anilines is 1. The highest BCUT2D eigenvalue weighted by molar-refractivity contribution is 6.05. The summed E-state index contributed by atoms with van der Waals surface area (Å²) in [5, 5.41) is 2.68. The number of ether oxygens (including phenoxy) is 1. The lowest BCUT2D eigenvalue weighted by atomic mass is 10.1. The van der Waals surface area contributed by atoms with Gasteiger partial charge in [0, 0.05) is 68.1 Å². The molecule has 0 bridgehead atoms. The first-order chi connectivity index (χ1) is 21.5. The number of pyridine rings is 1. The number of carbonyl (C=O) groups is 1. The minimum Gasteiger partial charge on any atom is -0.437 e. The van der Waals surface area contributed by atoms with Crippen LogP contribution >= 0.6 is 0 Å². The second-order valence-corrected chi connectivity index (χ2v) is 10.9. The molecule has 0 atom stereocenters. The summed E-state index contributed by atoms with van der Waals surface area (Å²) in [4.78, 5) is 35.3. The van der Waals surface area contributed by atoms with E-state index in [1.165, 1.54) is 6.07 Å². The number of aromatic nitrogens is 3. The van der Waals surface area contributed by atoms with E-state index < -0.39 is 17.6 Å². The fraction of sp³-hybridized carbons (Fsp3) is 0.303. The van der Waals surface area contributed by atoms with Gasteiger partial charge in [-0.1, -0.05) is 6.07 Å². The van der Waals surface area contributed by atoms with E-state index in [-0.39, 0.29) is 17.1 Å². The summed E-state index contributed by atoms with van der Waals surface area (Å²) in [5.74, 6) is 0.346. The molecule has 45 heavy (non-hydrogen) atoms. The molecule has 4 aromatic rings. The van der Waals surface area contributed by atoms with Crippen LogP contribution in [0, 0.1) is 13.8 Å². The van der Waals surface area contributed by atoms with Gasteiger partial charge in [-0.25, -0.2) is 4.98 Å². The lowest BCUT2D eigenvalue weighted by molar-refractivity contribution is -0.137. The molecule has 9 nitrogen and oxygen atoms in total. The topological polar surface area (TPSA) is 95.8 Å². The Morgan fingerprint density at radius 1 is 1.02 bits per heavy atom. The van der Waals surface area contributed by atoms with Crippen molar-refractivity contribution >= 4 is 23.5 Å². The lowest BCUT2D eigenvalue weighted by Crippen LogP contribution is -2.43. The SMILES string of the molecule is CC=Nc1c(C)nc(-c2ccncc2)nc1Oc1ccc(C)c(C(=O)Nc2cc(CN3CCN(C)CC3)cc(C(F)(F)F)c2)c1. The van der Waals surface area contributed by atoms with Crippen molar-refractivity contribution in [1.82, 2.24) is 24.8 Å². The molecule has 0 aliphatic carbocycles. The van der Waals surface area contributed by atoms with Gasteiger partial charge < -0.3 is 15.0 Å². The first-order valence-corrected chi connectivity index (χ1v) is 14.5. The number of likely N-dealkylation sites (N-methyl/N-ethyl adjacent to an activating group) is 1. The van der Waals surface area contributed by atoms with Gasteiger partial charge in [0.05, 0.1) is 11.3 Å². The first kappa shape index (κ1) is 31.7. The van der Waals surface area contributed by atoms with Gasteiger partial charge in [-0.15, -0.1) is 0 Å². The molecule has 2 aromatic carbocycles. The third-order valence-corrected chi connectivity index (χ3v) is 7.47. The maximum atomic E-state index is 13.8. The monoisotopic (exact) mass is 617 g/mol. The van der Waals surface area contributed by atoms with Crippen molar-refractivity contribution in [3.63, 3.8) is 0 Å². The number of hydrogen-bond acceptors (Lipinski definition) is 8. The third kappa shape index (κ3) is 7.89. The summed E-state index contributed by atoms with van der Waals surface area (Å²) in [6, 6.07) is 12.2. The smallest absolute Gasteiger partial charge is 0.416 e. The largest absolute Gasteiger partial charge is 0.437 e. The Morgan fingerprint density at radius 3 is 2.44 bits per heavy atom. The van der Waals surface area contributed by atoms with Gasteiger partial charge in [0.25, 0.3) is 5.91 Å². The molecule has 3 heterocycles. The second kappa shape index (κ2) is 13.5. The molecule has 1 aliphatic rings. The number of aliphatic imine (C=N–C) groups is 1. The fourth-order valence-electron chi connectivity index (χ4n) is 5.02. The molecule has 0 saturated carbocycles. The number of nitrogens with one attached hydrogen (secondary N) is 1. The van der Waals surface area contributed by atoms with Crippen LogP contribution in [-0.4, -0.2) is 70.1 Å². The molecule has 0 unspecified atom stereocenters. The Labute approximate surface area is 259 Å². The van der Waals surface area contributed by atoms with Crippen molar-refractivity contribution in [3.05, 3.63) is 88.9 Å². The molecule has 1 N–H and O–H groups in total. The number of halogens is 3. The Balaban J connectivity index is 1.42. The minimum atomic E-state index is -4.56. The molecule has 12 heteroatoms. The van der Waals surface area contributed by atoms with E-state index in [2.05, 4.69) is 35.1 Å². The van der Waals surface area contributed by atoms with E-state index in [4.69, 9.17) is 4.74 Å². The molecule has 1 aliphatic heterocycles. The van der Waals surface area contributed by atoms with Gasteiger partial charge in [0.2, 0.25) is 5.88 Å². The molecule has 0 spiro atoms. The lowest BCUT2D eigenvalue weighted by Gasteiger charge is -2.32. The number of aryl methyl sites for hydroxylation is 2. The van der Waals surface area contributed by atoms with Gasteiger partial charge >= 0.3 is 6.18 Å². The summed E-state index contributed by atoms with van der Waals surface area (Å²) in [6.07, 6.45) is 0.311. The predicted molar refractivity (Wildman–Crippen MR) is 167 cm³/mol. The van der Waals surface area contributed by atoms with Crippen molar-refractivity contribution in [2.24, 2.45) is 4.99 Å². The highest BCUT2D eigenvalue weighted by Gasteiger charge is 2.32. The summed E-state index contributed by atoms with van der Waals surface area (Å²) < 4.78 is 47.7. The molecule has 1 fully saturated rings. The molecule has 1 amide bonds. The zero-order chi connectivity index (χ0) is 32.1. The van der Waals surface area contributed by atoms with Crippen LogP contribution in [0.15, 0.2) is 65.9 Å². The first-order valence-electron chi connectivity index (χ1n) is 14.5. The summed E-state index contributed by atoms with van der Waals surface area (Å²) >= 11 is 0. The van der Waals surface area contributed by atoms with Crippen molar-refractivity contribution in [1.29, 1.82) is 0 Å². The summed E-state index contributed by atoms with van der Waals surface area (Å²) in [7, 11) is 2.02. The zero-order valence-corrected chi connectivity index (χ0v) is 25.5. The number of nitrogens with zero attached hydrogens (tertiary/aromatic N) is 6. The molecule has 234 valence electrons. The number of benzene rings is 2. The molecule has 1 saturated heterocycles. The number of carbonyl (C=O) groups excluding carboxylic acids is 1. The maximum Gasteiger partial charge on any atom is 0.416 e. The van der Waals surface area contributed by atoms with E-state index >= 15 is 0 Å². The quantitative estimate of drug-likeness (QED) is 0.220. The summed E-state index contributed by atoms with van der Waals surface area (Å²) in [5.41, 5.74) is 2.35. The zero-order valence-electron chi connectivity index (χ0n) is 25.5. The van der Waals surface area contributed by atoms with E-state index in [0.29, 0.717) is 40.6 Å². The van der Waals surface area contributed by atoms with Crippen LogP contribution in [0.25, 0.3) is 11.4 Å². The van der Waals surface area contributed by atoms with Gasteiger partial charge in [-0.3, -0.25) is 19.7 Å². The third-order valence-electron chi connectivity index (χ3n) is 7.47. The summed E-state index contributed by atoms with van der Waals surface area (Å²) in [6.45, 7) is 8.83. The number of piperazine rings is 1. The van der Waals surface area contributed by atoms with Crippen molar-refractivity contribution < 1.29 is 22.7 Å². The normalized spacial score (nSPS) is 14.6. The van der Waals surface area contributed by atoms with Crippen molar-refractivity contribution in [3.8, 4) is 23.0 Å². The number of amides is 1. The minimum absolute atomic E-state index is 0.0673. The second-order valence-electron chi connectivity index (χ2n) is 10.9. The van der Waals surface area contributed by atoms with Crippen molar-refractivity contribution in [2.45, 2.75) is 33.5 Å². The van der Waals surface area contributed by atoms with E-state index in [1.54, 1.807) is 69.7 Å². The molecule has 2 aromatic heterocycles. The fourth-order valence-corrected chi connectivity index (χ4v) is 5.02. The number of rotatable bonds is 8. The van der Waals surface area contributed by atoms with Crippen LogP contribution in [0.2, 0.25) is 0 Å². The Morgan fingerprint density at radius 2 is 1.76 bits per heavy atom. The number of hydrogen-bond donors (Lipinski definition) is 1. The Bertz CT molecular complexity index is 1700. The average molecular weight is 618 g/mol. The van der Waals surface area contributed by atoms with Gasteiger partial charge in [-0.05, 0) is 81.4 Å². The van der Waals surface area contributed by atoms with Crippen LogP contribution in [0.1, 0.15) is 39.7 Å².